The Morgan fingerprint density at radius 1 is 1.47 bits per heavy atom. The Bertz CT molecular complexity index is 342. The second-order valence-corrected chi connectivity index (χ2v) is 3.21. The van der Waals surface area contributed by atoms with E-state index in [1.54, 1.807) is 6.07 Å². The normalized spacial score (nSPS) is 10.4. The lowest BCUT2D eigenvalue weighted by atomic mass is 10.1. The molecule has 0 saturated heterocycles. The zero-order valence-electron chi connectivity index (χ0n) is 7.75. The van der Waals surface area contributed by atoms with Gasteiger partial charge in [0.2, 0.25) is 0 Å². The molecule has 2 nitrogen and oxygen atoms in total. The Hall–Kier alpha value is -1.16. The fourth-order valence-electron chi connectivity index (χ4n) is 1.19. The van der Waals surface area contributed by atoms with Crippen LogP contribution in [0.5, 0.6) is 5.75 Å². The van der Waals surface area contributed by atoms with Gasteiger partial charge in [0, 0.05) is 17.0 Å². The van der Waals surface area contributed by atoms with Gasteiger partial charge in [0.05, 0.1) is 0 Å². The minimum atomic E-state index is -2.89. The number of rotatable bonds is 5. The van der Waals surface area contributed by atoms with E-state index in [2.05, 4.69) is 4.74 Å². The number of benzene rings is 1. The average Bonchev–Trinajstić information content (AvgIpc) is 2.16. The van der Waals surface area contributed by atoms with Gasteiger partial charge in [-0.05, 0) is 18.6 Å². The Morgan fingerprint density at radius 2 is 2.20 bits per heavy atom. The van der Waals surface area contributed by atoms with Gasteiger partial charge in [0.25, 0.3) is 0 Å². The van der Waals surface area contributed by atoms with Crippen molar-refractivity contribution in [1.82, 2.24) is 0 Å². The summed E-state index contributed by atoms with van der Waals surface area (Å²) in [4.78, 5) is 10.2. The fourth-order valence-corrected chi connectivity index (χ4v) is 1.45. The first-order valence-corrected chi connectivity index (χ1v) is 4.68. The van der Waals surface area contributed by atoms with E-state index >= 15 is 0 Å². The third kappa shape index (κ3) is 3.47. The molecule has 0 N–H and O–H groups in total. The van der Waals surface area contributed by atoms with Crippen LogP contribution in [0.2, 0.25) is 5.02 Å². The highest BCUT2D eigenvalue weighted by Gasteiger charge is 2.11. The summed E-state index contributed by atoms with van der Waals surface area (Å²) in [5.41, 5.74) is 0.437. The number of aldehydes is 1. The summed E-state index contributed by atoms with van der Waals surface area (Å²) in [7, 11) is 0. The highest BCUT2D eigenvalue weighted by Crippen LogP contribution is 2.28. The molecule has 0 saturated carbocycles. The van der Waals surface area contributed by atoms with Gasteiger partial charge in [-0.25, -0.2) is 0 Å². The van der Waals surface area contributed by atoms with E-state index < -0.39 is 6.61 Å². The molecule has 0 fully saturated rings. The zero-order valence-corrected chi connectivity index (χ0v) is 8.51. The molecule has 82 valence electrons. The van der Waals surface area contributed by atoms with Crippen molar-refractivity contribution in [3.8, 4) is 5.75 Å². The minimum absolute atomic E-state index is 0.0272. The molecule has 1 rings (SSSR count). The number of halogens is 3. The molecule has 0 bridgehead atoms. The van der Waals surface area contributed by atoms with Gasteiger partial charge in [-0.15, -0.1) is 0 Å². The first-order chi connectivity index (χ1) is 7.15. The lowest BCUT2D eigenvalue weighted by Crippen LogP contribution is -2.05. The van der Waals surface area contributed by atoms with E-state index in [0.717, 1.165) is 0 Å². The maximum Gasteiger partial charge on any atom is 0.387 e. The second kappa shape index (κ2) is 5.66. The summed E-state index contributed by atoms with van der Waals surface area (Å²) in [5, 5.41) is 0.329. The number of carbonyl (C=O) groups is 1. The molecular formula is C10H9ClF2O2. The largest absolute Gasteiger partial charge is 0.434 e. The van der Waals surface area contributed by atoms with Crippen LogP contribution >= 0.6 is 11.6 Å². The minimum Gasteiger partial charge on any atom is -0.434 e. The van der Waals surface area contributed by atoms with Crippen LogP contribution in [0.1, 0.15) is 12.0 Å². The zero-order chi connectivity index (χ0) is 11.3. The monoisotopic (exact) mass is 234 g/mol. The van der Waals surface area contributed by atoms with Crippen LogP contribution in [0.15, 0.2) is 18.2 Å². The molecule has 0 aliphatic rings. The van der Waals surface area contributed by atoms with Crippen molar-refractivity contribution in [3.05, 3.63) is 28.8 Å². The number of carbonyl (C=O) groups excluding carboxylic acids is 1. The molecule has 0 aromatic heterocycles. The highest BCUT2D eigenvalue weighted by molar-refractivity contribution is 6.31. The van der Waals surface area contributed by atoms with Crippen molar-refractivity contribution < 1.29 is 18.3 Å². The topological polar surface area (TPSA) is 26.3 Å². The van der Waals surface area contributed by atoms with Crippen molar-refractivity contribution in [1.29, 1.82) is 0 Å². The van der Waals surface area contributed by atoms with Crippen LogP contribution in [0.4, 0.5) is 8.78 Å². The van der Waals surface area contributed by atoms with Crippen LogP contribution in [0, 0.1) is 0 Å². The van der Waals surface area contributed by atoms with Crippen molar-refractivity contribution in [2.45, 2.75) is 19.5 Å². The number of alkyl halides is 2. The Labute approximate surface area is 90.8 Å². The molecule has 15 heavy (non-hydrogen) atoms. The van der Waals surface area contributed by atoms with Crippen molar-refractivity contribution >= 4 is 17.9 Å². The predicted molar refractivity (Wildman–Crippen MR) is 52.5 cm³/mol. The molecule has 0 aliphatic carbocycles. The molecule has 0 spiro atoms. The number of ether oxygens (including phenoxy) is 1. The first kappa shape index (κ1) is 11.9. The molecule has 0 aliphatic heterocycles. The standard InChI is InChI=1S/C10H9ClF2O2/c11-8-4-1-5-9(15-10(12)13)7(8)3-2-6-14/h1,4-6,10H,2-3H2. The summed E-state index contributed by atoms with van der Waals surface area (Å²) in [6.07, 6.45) is 1.23. The van der Waals surface area contributed by atoms with E-state index in [1.165, 1.54) is 12.1 Å². The van der Waals surface area contributed by atoms with E-state index in [4.69, 9.17) is 11.6 Å². The Balaban J connectivity index is 2.91. The van der Waals surface area contributed by atoms with Gasteiger partial charge in [-0.2, -0.15) is 8.78 Å². The summed E-state index contributed by atoms with van der Waals surface area (Å²) < 4.78 is 28.3. The van der Waals surface area contributed by atoms with Gasteiger partial charge in [-0.1, -0.05) is 17.7 Å². The molecule has 0 atom stereocenters. The van der Waals surface area contributed by atoms with Gasteiger partial charge < -0.3 is 9.53 Å². The summed E-state index contributed by atoms with van der Waals surface area (Å²) in [6, 6.07) is 4.49. The van der Waals surface area contributed by atoms with Crippen LogP contribution in [-0.4, -0.2) is 12.9 Å². The SMILES string of the molecule is O=CCCc1c(Cl)cccc1OC(F)F. The first-order valence-electron chi connectivity index (χ1n) is 4.31. The molecule has 1 aromatic rings. The van der Waals surface area contributed by atoms with Gasteiger partial charge in [0.15, 0.2) is 0 Å². The van der Waals surface area contributed by atoms with Gasteiger partial charge >= 0.3 is 6.61 Å². The fraction of sp³-hybridized carbons (Fsp3) is 0.300. The molecule has 5 heteroatoms. The summed E-state index contributed by atoms with van der Waals surface area (Å²) in [5.74, 6) is 0.0272. The maximum absolute atomic E-state index is 12.0. The number of hydrogen-bond donors (Lipinski definition) is 0. The third-order valence-electron chi connectivity index (χ3n) is 1.80. The Morgan fingerprint density at radius 3 is 2.80 bits per heavy atom. The van der Waals surface area contributed by atoms with Crippen LogP contribution in [0.25, 0.3) is 0 Å². The van der Waals surface area contributed by atoms with Crippen LogP contribution < -0.4 is 4.74 Å². The van der Waals surface area contributed by atoms with E-state index in [1.807, 2.05) is 0 Å². The predicted octanol–water partition coefficient (Wildman–Crippen LogP) is 3.07. The van der Waals surface area contributed by atoms with Crippen LogP contribution in [-0.2, 0) is 11.2 Å². The van der Waals surface area contributed by atoms with E-state index in [9.17, 15) is 13.6 Å². The third-order valence-corrected chi connectivity index (χ3v) is 2.16. The molecule has 0 unspecified atom stereocenters. The maximum atomic E-state index is 12.0. The average molecular weight is 235 g/mol. The molecule has 0 radical (unpaired) electrons. The van der Waals surface area contributed by atoms with Crippen molar-refractivity contribution in [2.75, 3.05) is 0 Å². The summed E-state index contributed by atoms with van der Waals surface area (Å²) >= 11 is 5.81. The quantitative estimate of drug-likeness (QED) is 0.732. The van der Waals surface area contributed by atoms with E-state index in [-0.39, 0.29) is 12.2 Å². The molecule has 1 aromatic carbocycles. The lowest BCUT2D eigenvalue weighted by Gasteiger charge is -2.10. The van der Waals surface area contributed by atoms with Crippen molar-refractivity contribution in [2.24, 2.45) is 0 Å². The van der Waals surface area contributed by atoms with Gasteiger partial charge in [-0.3, -0.25) is 0 Å². The second-order valence-electron chi connectivity index (χ2n) is 2.80. The van der Waals surface area contributed by atoms with E-state index in [0.29, 0.717) is 23.3 Å². The van der Waals surface area contributed by atoms with Gasteiger partial charge in [0.1, 0.15) is 12.0 Å². The smallest absolute Gasteiger partial charge is 0.387 e. The van der Waals surface area contributed by atoms with Crippen molar-refractivity contribution in [3.63, 3.8) is 0 Å². The van der Waals surface area contributed by atoms with Crippen LogP contribution in [0.3, 0.4) is 0 Å². The summed E-state index contributed by atoms with van der Waals surface area (Å²) in [6.45, 7) is -2.89. The molecule has 0 heterocycles. The Kier molecular flexibility index (Phi) is 4.49. The highest BCUT2D eigenvalue weighted by atomic mass is 35.5. The molecule has 0 amide bonds. The number of hydrogen-bond acceptors (Lipinski definition) is 2. The molecular weight excluding hydrogens is 226 g/mol. The lowest BCUT2D eigenvalue weighted by molar-refractivity contribution is -0.107.